The number of methoxy groups -OCH3 is 1. The number of rotatable bonds is 4. The van der Waals surface area contributed by atoms with E-state index in [0.717, 1.165) is 22.6 Å². The molecule has 1 amide bonds. The van der Waals surface area contributed by atoms with Gasteiger partial charge in [-0.2, -0.15) is 0 Å². The molecule has 3 aromatic carbocycles. The van der Waals surface area contributed by atoms with Crippen molar-refractivity contribution in [2.24, 2.45) is 0 Å². The van der Waals surface area contributed by atoms with Gasteiger partial charge in [0.2, 0.25) is 5.91 Å². The van der Waals surface area contributed by atoms with Gasteiger partial charge in [0.05, 0.1) is 19.1 Å². The fraction of sp³-hybridized carbons (Fsp3) is 0.136. The molecular weight excluding hydrogens is 310 g/mol. The second kappa shape index (κ2) is 6.44. The summed E-state index contributed by atoms with van der Waals surface area (Å²) in [5.74, 6) is 0.767. The number of β-lactam (4-membered cyclic amide) rings is 1. The first-order valence-electron chi connectivity index (χ1n) is 8.36. The Balaban J connectivity index is 1.74. The average molecular weight is 329 g/mol. The number of ether oxygens (including phenoxy) is 1. The molecular formula is C22H19NO2. The SMILES string of the molecule is COc1ccc(N2C(=O)[C@@H](c3ccccc3)[C@H]2c2ccccc2)cc1. The minimum absolute atomic E-state index is 0.00416. The molecule has 0 saturated carbocycles. The van der Waals surface area contributed by atoms with Crippen LogP contribution in [-0.2, 0) is 4.79 Å². The van der Waals surface area contributed by atoms with Gasteiger partial charge in [0, 0.05) is 5.69 Å². The first-order chi connectivity index (χ1) is 12.3. The summed E-state index contributed by atoms with van der Waals surface area (Å²) >= 11 is 0. The zero-order valence-corrected chi connectivity index (χ0v) is 14.0. The van der Waals surface area contributed by atoms with Gasteiger partial charge >= 0.3 is 0 Å². The van der Waals surface area contributed by atoms with Crippen LogP contribution in [0, 0.1) is 0 Å². The van der Waals surface area contributed by atoms with Gasteiger partial charge in [0.15, 0.2) is 0 Å². The maximum atomic E-state index is 13.0. The zero-order chi connectivity index (χ0) is 17.2. The first kappa shape index (κ1) is 15.5. The molecule has 0 spiro atoms. The van der Waals surface area contributed by atoms with Gasteiger partial charge in [-0.3, -0.25) is 4.79 Å². The number of anilines is 1. The standard InChI is InChI=1S/C22H19NO2/c1-25-19-14-12-18(13-15-19)23-21(17-10-6-3-7-11-17)20(22(23)24)16-8-4-2-5-9-16/h2-15,20-21H,1H3/t20-,21+/m0/s1. The van der Waals surface area contributed by atoms with E-state index in [1.54, 1.807) is 7.11 Å². The molecule has 0 aromatic heterocycles. The summed E-state index contributed by atoms with van der Waals surface area (Å²) in [4.78, 5) is 14.9. The van der Waals surface area contributed by atoms with Crippen LogP contribution in [0.3, 0.4) is 0 Å². The molecule has 1 aliphatic heterocycles. The van der Waals surface area contributed by atoms with E-state index in [9.17, 15) is 4.79 Å². The summed E-state index contributed by atoms with van der Waals surface area (Å²) in [7, 11) is 1.64. The second-order valence-electron chi connectivity index (χ2n) is 6.15. The highest BCUT2D eigenvalue weighted by Crippen LogP contribution is 2.48. The zero-order valence-electron chi connectivity index (χ0n) is 14.0. The Bertz CT molecular complexity index is 860. The van der Waals surface area contributed by atoms with Crippen molar-refractivity contribution in [2.45, 2.75) is 12.0 Å². The summed E-state index contributed by atoms with van der Waals surface area (Å²) in [6, 6.07) is 27.9. The highest BCUT2D eigenvalue weighted by molar-refractivity contribution is 6.06. The summed E-state index contributed by atoms with van der Waals surface area (Å²) < 4.78 is 5.23. The van der Waals surface area contributed by atoms with Crippen molar-refractivity contribution in [1.82, 2.24) is 0 Å². The van der Waals surface area contributed by atoms with Crippen LogP contribution in [0.5, 0.6) is 5.75 Å². The maximum absolute atomic E-state index is 13.0. The number of amides is 1. The molecule has 4 rings (SSSR count). The molecule has 0 bridgehead atoms. The Kier molecular flexibility index (Phi) is 3.98. The number of hydrogen-bond acceptors (Lipinski definition) is 2. The first-order valence-corrected chi connectivity index (χ1v) is 8.36. The molecule has 1 aliphatic rings. The van der Waals surface area contributed by atoms with Crippen LogP contribution >= 0.6 is 0 Å². The van der Waals surface area contributed by atoms with Gasteiger partial charge in [-0.25, -0.2) is 0 Å². The molecule has 1 heterocycles. The van der Waals surface area contributed by atoms with Crippen LogP contribution in [-0.4, -0.2) is 13.0 Å². The van der Waals surface area contributed by atoms with Crippen LogP contribution in [0.15, 0.2) is 84.9 Å². The smallest absolute Gasteiger partial charge is 0.237 e. The normalized spacial score (nSPS) is 19.4. The monoisotopic (exact) mass is 329 g/mol. The van der Waals surface area contributed by atoms with E-state index in [1.165, 1.54) is 0 Å². The Labute approximate surface area is 147 Å². The molecule has 0 N–H and O–H groups in total. The molecule has 0 aliphatic carbocycles. The number of benzene rings is 3. The van der Waals surface area contributed by atoms with Gasteiger partial charge in [0.25, 0.3) is 0 Å². The summed E-state index contributed by atoms with van der Waals surface area (Å²) in [5.41, 5.74) is 3.10. The van der Waals surface area contributed by atoms with Gasteiger partial charge in [-0.15, -0.1) is 0 Å². The van der Waals surface area contributed by atoms with E-state index < -0.39 is 0 Å². The molecule has 3 nitrogen and oxygen atoms in total. The van der Waals surface area contributed by atoms with Crippen LogP contribution in [0.4, 0.5) is 5.69 Å². The van der Waals surface area contributed by atoms with Crippen molar-refractivity contribution in [3.05, 3.63) is 96.1 Å². The van der Waals surface area contributed by atoms with Gasteiger partial charge in [-0.05, 0) is 35.4 Å². The van der Waals surface area contributed by atoms with E-state index in [0.29, 0.717) is 0 Å². The predicted molar refractivity (Wildman–Crippen MR) is 98.8 cm³/mol. The maximum Gasteiger partial charge on any atom is 0.237 e. The molecule has 2 atom stereocenters. The fourth-order valence-electron chi connectivity index (χ4n) is 3.50. The van der Waals surface area contributed by atoms with Crippen molar-refractivity contribution >= 4 is 11.6 Å². The largest absolute Gasteiger partial charge is 0.497 e. The Morgan fingerprint density at radius 3 is 1.88 bits per heavy atom. The van der Waals surface area contributed by atoms with E-state index >= 15 is 0 Å². The van der Waals surface area contributed by atoms with Crippen molar-refractivity contribution < 1.29 is 9.53 Å². The third-order valence-electron chi connectivity index (χ3n) is 4.75. The van der Waals surface area contributed by atoms with Crippen molar-refractivity contribution in [3.63, 3.8) is 0 Å². The Morgan fingerprint density at radius 1 is 0.760 bits per heavy atom. The second-order valence-corrected chi connectivity index (χ2v) is 6.15. The van der Waals surface area contributed by atoms with Crippen molar-refractivity contribution in [2.75, 3.05) is 12.0 Å². The topological polar surface area (TPSA) is 29.5 Å². The lowest BCUT2D eigenvalue weighted by Gasteiger charge is -2.47. The van der Waals surface area contributed by atoms with Crippen molar-refractivity contribution in [1.29, 1.82) is 0 Å². The minimum Gasteiger partial charge on any atom is -0.497 e. The fourth-order valence-corrected chi connectivity index (χ4v) is 3.50. The lowest BCUT2D eigenvalue weighted by atomic mass is 9.77. The molecule has 3 heteroatoms. The lowest BCUT2D eigenvalue weighted by molar-refractivity contribution is -0.126. The third-order valence-corrected chi connectivity index (χ3v) is 4.75. The molecule has 1 saturated heterocycles. The van der Waals surface area contributed by atoms with Crippen LogP contribution < -0.4 is 9.64 Å². The van der Waals surface area contributed by atoms with E-state index in [-0.39, 0.29) is 17.9 Å². The minimum atomic E-state index is -0.147. The molecule has 0 unspecified atom stereocenters. The Morgan fingerprint density at radius 2 is 1.32 bits per heavy atom. The summed E-state index contributed by atoms with van der Waals surface area (Å²) in [6.45, 7) is 0. The number of hydrogen-bond donors (Lipinski definition) is 0. The van der Waals surface area contributed by atoms with E-state index in [4.69, 9.17) is 4.74 Å². The summed E-state index contributed by atoms with van der Waals surface area (Å²) in [5, 5.41) is 0. The van der Waals surface area contributed by atoms with Gasteiger partial charge in [0.1, 0.15) is 5.75 Å². The third kappa shape index (κ3) is 2.68. The molecule has 124 valence electrons. The quantitative estimate of drug-likeness (QED) is 0.656. The molecule has 1 fully saturated rings. The van der Waals surface area contributed by atoms with Crippen LogP contribution in [0.2, 0.25) is 0 Å². The molecule has 0 radical (unpaired) electrons. The molecule has 3 aromatic rings. The number of carbonyl (C=O) groups is 1. The van der Waals surface area contributed by atoms with E-state index in [2.05, 4.69) is 12.1 Å². The van der Waals surface area contributed by atoms with E-state index in [1.807, 2.05) is 77.7 Å². The number of nitrogens with zero attached hydrogens (tertiary/aromatic N) is 1. The van der Waals surface area contributed by atoms with Crippen LogP contribution in [0.25, 0.3) is 0 Å². The highest BCUT2D eigenvalue weighted by atomic mass is 16.5. The number of carbonyl (C=O) groups excluding carboxylic acids is 1. The summed E-state index contributed by atoms with van der Waals surface area (Å²) in [6.07, 6.45) is 0. The lowest BCUT2D eigenvalue weighted by Crippen LogP contribution is -2.53. The Hall–Kier alpha value is -3.07. The predicted octanol–water partition coefficient (Wildman–Crippen LogP) is 4.57. The van der Waals surface area contributed by atoms with Crippen molar-refractivity contribution in [3.8, 4) is 5.75 Å². The van der Waals surface area contributed by atoms with Gasteiger partial charge in [-0.1, -0.05) is 60.7 Å². The van der Waals surface area contributed by atoms with Crippen LogP contribution in [0.1, 0.15) is 23.1 Å². The van der Waals surface area contributed by atoms with Gasteiger partial charge < -0.3 is 9.64 Å². The average Bonchev–Trinajstić information content (AvgIpc) is 2.68. The highest BCUT2D eigenvalue weighted by Gasteiger charge is 2.49. The molecule has 25 heavy (non-hydrogen) atoms.